The molecule has 3 aromatic carbocycles. The van der Waals surface area contributed by atoms with Crippen LogP contribution in [0.1, 0.15) is 18.1 Å². The minimum Gasteiger partial charge on any atom is -0.355 e. The molecule has 0 saturated carbocycles. The lowest BCUT2D eigenvalue weighted by molar-refractivity contribution is -0.140. The number of hydrogen-bond acceptors (Lipinski definition) is 4. The second kappa shape index (κ2) is 13.5. The number of anilines is 1. The zero-order valence-electron chi connectivity index (χ0n) is 20.9. The van der Waals surface area contributed by atoms with Crippen molar-refractivity contribution in [1.82, 2.24) is 10.2 Å². The van der Waals surface area contributed by atoms with Gasteiger partial charge < -0.3 is 10.2 Å². The Morgan fingerprint density at radius 2 is 1.71 bits per heavy atom. The van der Waals surface area contributed by atoms with Crippen molar-refractivity contribution < 1.29 is 18.0 Å². The second-order valence-electron chi connectivity index (χ2n) is 8.61. The summed E-state index contributed by atoms with van der Waals surface area (Å²) in [5.74, 6) is -0.920. The number of carbonyl (C=O) groups excluding carboxylic acids is 2. The maximum Gasteiger partial charge on any atom is 0.244 e. The summed E-state index contributed by atoms with van der Waals surface area (Å²) in [6.07, 6.45) is 1.26. The van der Waals surface area contributed by atoms with Crippen molar-refractivity contribution >= 4 is 66.7 Å². The van der Waals surface area contributed by atoms with Crippen LogP contribution < -0.4 is 9.62 Å². The molecule has 1 N–H and O–H groups in total. The van der Waals surface area contributed by atoms with Gasteiger partial charge in [-0.1, -0.05) is 81.6 Å². The lowest BCUT2D eigenvalue weighted by atomic mass is 10.0. The molecule has 1 atom stereocenters. The van der Waals surface area contributed by atoms with Crippen molar-refractivity contribution in [3.63, 3.8) is 0 Å². The second-order valence-corrected chi connectivity index (χ2v) is 12.3. The lowest BCUT2D eigenvalue weighted by Gasteiger charge is -2.33. The minimum atomic E-state index is -3.84. The van der Waals surface area contributed by atoms with E-state index in [4.69, 9.17) is 23.2 Å². The van der Waals surface area contributed by atoms with Gasteiger partial charge in [0.05, 0.1) is 11.9 Å². The van der Waals surface area contributed by atoms with Crippen LogP contribution in [0, 0.1) is 0 Å². The number of halogens is 3. The first kappa shape index (κ1) is 30.0. The summed E-state index contributed by atoms with van der Waals surface area (Å²) in [6.45, 7) is 1.62. The fourth-order valence-corrected chi connectivity index (χ4v) is 5.62. The molecule has 3 rings (SSSR count). The molecule has 2 amide bonds. The van der Waals surface area contributed by atoms with Gasteiger partial charge in [0.1, 0.15) is 12.6 Å². The van der Waals surface area contributed by atoms with Gasteiger partial charge in [0, 0.05) is 34.0 Å². The van der Waals surface area contributed by atoms with Crippen LogP contribution in [0.15, 0.2) is 77.3 Å². The molecule has 11 heteroatoms. The predicted molar refractivity (Wildman–Crippen MR) is 156 cm³/mol. The molecule has 0 heterocycles. The number of sulfonamides is 1. The van der Waals surface area contributed by atoms with E-state index in [9.17, 15) is 18.0 Å². The Kier molecular flexibility index (Phi) is 10.6. The third-order valence-corrected chi connectivity index (χ3v) is 7.97. The van der Waals surface area contributed by atoms with E-state index in [1.165, 1.54) is 4.90 Å². The van der Waals surface area contributed by atoms with Gasteiger partial charge >= 0.3 is 0 Å². The largest absolute Gasteiger partial charge is 0.355 e. The third-order valence-electron chi connectivity index (χ3n) is 5.75. The summed E-state index contributed by atoms with van der Waals surface area (Å²) in [7, 11) is -3.84. The number of nitrogens with one attached hydrogen (secondary N) is 1. The smallest absolute Gasteiger partial charge is 0.244 e. The standard InChI is InChI=1S/C27H28BrCl2N3O4S/c1-3-31-27(35)25(14-19-8-5-4-6-9-19)32(17-20-12-13-22(29)16-24(20)30)26(34)18-33(38(2,36)37)23-11-7-10-21(28)15-23/h4-13,15-16,25H,3,14,17-18H2,1-2H3,(H,31,35)/t25-/m1/s1. The van der Waals surface area contributed by atoms with E-state index in [1.807, 2.05) is 30.3 Å². The first-order chi connectivity index (χ1) is 18.0. The normalized spacial score (nSPS) is 12.0. The van der Waals surface area contributed by atoms with Crippen molar-refractivity contribution in [3.05, 3.63) is 98.4 Å². The minimum absolute atomic E-state index is 0.0282. The van der Waals surface area contributed by atoms with E-state index in [0.29, 0.717) is 32.3 Å². The molecule has 202 valence electrons. The SMILES string of the molecule is CCNC(=O)[C@@H](Cc1ccccc1)N(Cc1ccc(Cl)cc1Cl)C(=O)CN(c1cccc(Br)c1)S(C)(=O)=O. The zero-order valence-corrected chi connectivity index (χ0v) is 24.8. The Morgan fingerprint density at radius 1 is 1.00 bits per heavy atom. The molecule has 0 radical (unpaired) electrons. The molecule has 38 heavy (non-hydrogen) atoms. The van der Waals surface area contributed by atoms with Gasteiger partial charge in [-0.05, 0) is 48.4 Å². The van der Waals surface area contributed by atoms with E-state index in [2.05, 4.69) is 21.2 Å². The van der Waals surface area contributed by atoms with Crippen LogP contribution in [0.3, 0.4) is 0 Å². The molecular formula is C27H28BrCl2N3O4S. The summed E-state index contributed by atoms with van der Waals surface area (Å²) < 4.78 is 27.2. The fourth-order valence-electron chi connectivity index (χ4n) is 3.92. The highest BCUT2D eigenvalue weighted by Gasteiger charge is 2.33. The molecule has 0 aliphatic heterocycles. The Hall–Kier alpha value is -2.59. The molecule has 0 spiro atoms. The summed E-state index contributed by atoms with van der Waals surface area (Å²) in [4.78, 5) is 28.6. The molecule has 0 aliphatic rings. The van der Waals surface area contributed by atoms with E-state index < -0.39 is 28.5 Å². The molecule has 0 aliphatic carbocycles. The number of amides is 2. The van der Waals surface area contributed by atoms with Crippen LogP contribution in [0.25, 0.3) is 0 Å². The Labute approximate surface area is 241 Å². The van der Waals surface area contributed by atoms with E-state index in [-0.39, 0.29) is 18.9 Å². The van der Waals surface area contributed by atoms with Gasteiger partial charge in [-0.25, -0.2) is 8.42 Å². The van der Waals surface area contributed by atoms with Gasteiger partial charge in [-0.15, -0.1) is 0 Å². The lowest BCUT2D eigenvalue weighted by Crippen LogP contribution is -2.53. The molecule has 7 nitrogen and oxygen atoms in total. The maximum atomic E-state index is 13.9. The third kappa shape index (κ3) is 8.20. The van der Waals surface area contributed by atoms with Gasteiger partial charge in [-0.2, -0.15) is 0 Å². The molecular weight excluding hydrogens is 613 g/mol. The molecule has 0 bridgehead atoms. The summed E-state index contributed by atoms with van der Waals surface area (Å²) >= 11 is 15.9. The quantitative estimate of drug-likeness (QED) is 0.308. The topological polar surface area (TPSA) is 86.8 Å². The maximum absolute atomic E-state index is 13.9. The number of carbonyl (C=O) groups is 2. The van der Waals surface area contributed by atoms with E-state index in [1.54, 1.807) is 49.4 Å². The average Bonchev–Trinajstić information content (AvgIpc) is 2.85. The van der Waals surface area contributed by atoms with E-state index >= 15 is 0 Å². The van der Waals surface area contributed by atoms with E-state index in [0.717, 1.165) is 16.1 Å². The molecule has 0 fully saturated rings. The van der Waals surface area contributed by atoms with Gasteiger partial charge in [0.2, 0.25) is 21.8 Å². The number of benzene rings is 3. The van der Waals surface area contributed by atoms with Crippen molar-refractivity contribution in [2.75, 3.05) is 23.7 Å². The van der Waals surface area contributed by atoms with Gasteiger partial charge in [0.15, 0.2) is 0 Å². The predicted octanol–water partition coefficient (Wildman–Crippen LogP) is 5.30. The Morgan fingerprint density at radius 3 is 2.32 bits per heavy atom. The summed E-state index contributed by atoms with van der Waals surface area (Å²) in [5, 5.41) is 3.57. The van der Waals surface area contributed by atoms with Crippen LogP contribution in [0.4, 0.5) is 5.69 Å². The highest BCUT2D eigenvalue weighted by molar-refractivity contribution is 9.10. The summed E-state index contributed by atoms with van der Waals surface area (Å²) in [6, 6.07) is 19.9. The van der Waals surface area contributed by atoms with Crippen molar-refractivity contribution in [1.29, 1.82) is 0 Å². The first-order valence-corrected chi connectivity index (χ1v) is 15.2. The highest BCUT2D eigenvalue weighted by Crippen LogP contribution is 2.26. The van der Waals surface area contributed by atoms with Crippen molar-refractivity contribution in [2.24, 2.45) is 0 Å². The number of nitrogens with zero attached hydrogens (tertiary/aromatic N) is 2. The zero-order chi connectivity index (χ0) is 27.9. The number of hydrogen-bond donors (Lipinski definition) is 1. The van der Waals surface area contributed by atoms with Crippen molar-refractivity contribution in [2.45, 2.75) is 25.9 Å². The highest BCUT2D eigenvalue weighted by atomic mass is 79.9. The van der Waals surface area contributed by atoms with Crippen LogP contribution in [0.2, 0.25) is 10.0 Å². The van der Waals surface area contributed by atoms with Gasteiger partial charge in [0.25, 0.3) is 0 Å². The monoisotopic (exact) mass is 639 g/mol. The van der Waals surface area contributed by atoms with Crippen molar-refractivity contribution in [3.8, 4) is 0 Å². The molecule has 0 aromatic heterocycles. The number of likely N-dealkylation sites (N-methyl/N-ethyl adjacent to an activating group) is 1. The van der Waals surface area contributed by atoms with Crippen LogP contribution >= 0.6 is 39.1 Å². The first-order valence-electron chi connectivity index (χ1n) is 11.8. The Balaban J connectivity index is 2.07. The van der Waals surface area contributed by atoms with Crippen LogP contribution in [-0.4, -0.2) is 50.5 Å². The fraction of sp³-hybridized carbons (Fsp3) is 0.259. The van der Waals surface area contributed by atoms with Gasteiger partial charge in [-0.3, -0.25) is 13.9 Å². The Bertz CT molecular complexity index is 1390. The average molecular weight is 641 g/mol. The number of rotatable bonds is 11. The van der Waals surface area contributed by atoms with Crippen LogP contribution in [0.5, 0.6) is 0 Å². The molecule has 3 aromatic rings. The summed E-state index contributed by atoms with van der Waals surface area (Å²) in [5.41, 5.74) is 1.73. The molecule has 0 saturated heterocycles. The van der Waals surface area contributed by atoms with Crippen LogP contribution in [-0.2, 0) is 32.6 Å². The molecule has 0 unspecified atom stereocenters.